The number of carboxylic acid groups (broad SMARTS) is 1. The Morgan fingerprint density at radius 1 is 1.36 bits per heavy atom. The number of halogens is 2. The van der Waals surface area contributed by atoms with Gasteiger partial charge in [0, 0.05) is 24.0 Å². The van der Waals surface area contributed by atoms with Gasteiger partial charge in [-0.2, -0.15) is 0 Å². The number of carboxylic acids is 1. The summed E-state index contributed by atoms with van der Waals surface area (Å²) in [5, 5.41) is 20.4. The van der Waals surface area contributed by atoms with E-state index in [4.69, 9.17) is 27.9 Å². The number of aliphatic hydroxyl groups is 1. The van der Waals surface area contributed by atoms with Gasteiger partial charge >= 0.3 is 29.6 Å². The molecule has 0 radical (unpaired) electrons. The van der Waals surface area contributed by atoms with Crippen molar-refractivity contribution >= 4 is 40.5 Å². The van der Waals surface area contributed by atoms with E-state index in [2.05, 4.69) is 0 Å². The number of hydrogen-bond acceptors (Lipinski definition) is 5. The minimum atomic E-state index is -1.36. The van der Waals surface area contributed by atoms with E-state index < -0.39 is 12.6 Å². The van der Waals surface area contributed by atoms with Crippen molar-refractivity contribution in [2.75, 3.05) is 13.2 Å². The third-order valence-electron chi connectivity index (χ3n) is 4.72. The van der Waals surface area contributed by atoms with Gasteiger partial charge in [-0.15, -0.1) is 0 Å². The number of rotatable bonds is 5. The first-order valence-electron chi connectivity index (χ1n) is 7.58. The monoisotopic (exact) mass is 392 g/mol. The standard InChI is InChI=1S/C17H16Cl2O5.Na/c18-15-12(24-8-13(22)23)5-9-7-17(3-4-20)2-1-10(21)6-11(17)14(9)16(15)19;/h5-6,20H,1-4,7-8H2,(H,22,23);/q;+1/p-1. The van der Waals surface area contributed by atoms with Crippen molar-refractivity contribution in [3.05, 3.63) is 33.3 Å². The molecule has 0 aromatic heterocycles. The molecule has 0 aliphatic heterocycles. The van der Waals surface area contributed by atoms with Gasteiger partial charge < -0.3 is 19.7 Å². The number of allylic oxidation sites excluding steroid dienone is 2. The Kier molecular flexibility index (Phi) is 6.63. The van der Waals surface area contributed by atoms with Gasteiger partial charge in [-0.25, -0.2) is 0 Å². The fourth-order valence-electron chi connectivity index (χ4n) is 3.66. The van der Waals surface area contributed by atoms with Crippen molar-refractivity contribution in [3.8, 4) is 5.75 Å². The average Bonchev–Trinajstić information content (AvgIpc) is 2.83. The second kappa shape index (κ2) is 7.99. The van der Waals surface area contributed by atoms with Crippen molar-refractivity contribution in [2.45, 2.75) is 25.7 Å². The van der Waals surface area contributed by atoms with Crippen molar-refractivity contribution in [2.24, 2.45) is 5.41 Å². The van der Waals surface area contributed by atoms with Crippen LogP contribution in [-0.4, -0.2) is 30.1 Å². The van der Waals surface area contributed by atoms with Crippen LogP contribution in [0.3, 0.4) is 0 Å². The van der Waals surface area contributed by atoms with Crippen LogP contribution in [-0.2, 0) is 16.0 Å². The molecule has 2 aliphatic rings. The van der Waals surface area contributed by atoms with Crippen molar-refractivity contribution in [1.29, 1.82) is 0 Å². The third-order valence-corrected chi connectivity index (χ3v) is 5.57. The van der Waals surface area contributed by atoms with Crippen molar-refractivity contribution in [3.63, 3.8) is 0 Å². The molecule has 128 valence electrons. The molecule has 1 aromatic carbocycles. The Bertz CT molecular complexity index is 762. The first kappa shape index (κ1) is 20.7. The van der Waals surface area contributed by atoms with Gasteiger partial charge in [0.05, 0.1) is 11.0 Å². The molecule has 1 unspecified atom stereocenters. The number of aliphatic carboxylic acids is 1. The van der Waals surface area contributed by atoms with E-state index in [1.807, 2.05) is 0 Å². The molecular formula is C17H15Cl2NaO5. The summed E-state index contributed by atoms with van der Waals surface area (Å²) in [6.07, 6.45) is 3.77. The predicted octanol–water partition coefficient (Wildman–Crippen LogP) is -1.20. The quantitative estimate of drug-likeness (QED) is 0.636. The first-order chi connectivity index (χ1) is 11.4. The summed E-state index contributed by atoms with van der Waals surface area (Å²) in [4.78, 5) is 22.5. The summed E-state index contributed by atoms with van der Waals surface area (Å²) < 4.78 is 5.16. The largest absolute Gasteiger partial charge is 1.00 e. The normalized spacial score (nSPS) is 21.1. The number of aliphatic hydroxyl groups excluding tert-OH is 1. The Hall–Kier alpha value is -0.560. The smallest absolute Gasteiger partial charge is 0.546 e. The molecule has 0 fully saturated rings. The predicted molar refractivity (Wildman–Crippen MR) is 87.0 cm³/mol. The fourth-order valence-corrected chi connectivity index (χ4v) is 4.18. The van der Waals surface area contributed by atoms with Crippen LogP contribution in [0.5, 0.6) is 5.75 Å². The molecule has 0 saturated carbocycles. The number of benzene rings is 1. The van der Waals surface area contributed by atoms with E-state index in [1.165, 1.54) is 0 Å². The molecule has 0 bridgehead atoms. The second-order valence-electron chi connectivity index (χ2n) is 6.15. The van der Waals surface area contributed by atoms with Gasteiger partial charge in [-0.1, -0.05) is 23.2 Å². The Morgan fingerprint density at radius 3 is 2.72 bits per heavy atom. The maximum absolute atomic E-state index is 11.9. The molecule has 1 aromatic rings. The molecule has 1 N–H and O–H groups in total. The summed E-state index contributed by atoms with van der Waals surface area (Å²) >= 11 is 12.6. The van der Waals surface area contributed by atoms with Gasteiger partial charge in [-0.05, 0) is 42.5 Å². The van der Waals surface area contributed by atoms with Gasteiger partial charge in [0.15, 0.2) is 5.78 Å². The van der Waals surface area contributed by atoms with Crippen molar-refractivity contribution in [1.82, 2.24) is 0 Å². The molecular weight excluding hydrogens is 378 g/mol. The molecule has 8 heteroatoms. The summed E-state index contributed by atoms with van der Waals surface area (Å²) in [5.41, 5.74) is 2.00. The summed E-state index contributed by atoms with van der Waals surface area (Å²) in [6.45, 7) is -0.628. The number of fused-ring (bicyclic) bond motifs is 3. The summed E-state index contributed by atoms with van der Waals surface area (Å²) in [7, 11) is 0. The average molecular weight is 393 g/mol. The molecule has 25 heavy (non-hydrogen) atoms. The van der Waals surface area contributed by atoms with Crippen LogP contribution >= 0.6 is 23.2 Å². The van der Waals surface area contributed by atoms with E-state index in [0.29, 0.717) is 31.2 Å². The van der Waals surface area contributed by atoms with E-state index in [9.17, 15) is 19.8 Å². The minimum Gasteiger partial charge on any atom is -0.546 e. The molecule has 2 aliphatic carbocycles. The molecule has 5 nitrogen and oxygen atoms in total. The van der Waals surface area contributed by atoms with E-state index in [1.54, 1.807) is 12.1 Å². The van der Waals surface area contributed by atoms with Gasteiger partial charge in [0.25, 0.3) is 0 Å². The molecule has 1 atom stereocenters. The van der Waals surface area contributed by atoms with Crippen molar-refractivity contribution < 1.29 is 54.1 Å². The minimum absolute atomic E-state index is 0. The fraction of sp³-hybridized carbons (Fsp3) is 0.412. The zero-order chi connectivity index (χ0) is 17.5. The zero-order valence-corrected chi connectivity index (χ0v) is 17.2. The van der Waals surface area contributed by atoms with Crippen LogP contribution in [0.15, 0.2) is 12.1 Å². The maximum atomic E-state index is 11.9. The van der Waals surface area contributed by atoms with Gasteiger partial charge in [-0.3, -0.25) is 4.79 Å². The van der Waals surface area contributed by atoms with E-state index in [0.717, 1.165) is 11.1 Å². The first-order valence-corrected chi connectivity index (χ1v) is 8.33. The Balaban J connectivity index is 0.00000225. The number of carbonyl (C=O) groups is 2. The van der Waals surface area contributed by atoms with Crippen LogP contribution in [0.25, 0.3) is 5.57 Å². The number of ketones is 1. The van der Waals surface area contributed by atoms with Crippen LogP contribution in [0, 0.1) is 5.41 Å². The van der Waals surface area contributed by atoms with Crippen LogP contribution in [0.2, 0.25) is 10.0 Å². The topological polar surface area (TPSA) is 86.7 Å². The Morgan fingerprint density at radius 2 is 2.08 bits per heavy atom. The third kappa shape index (κ3) is 3.77. The van der Waals surface area contributed by atoms with Crippen LogP contribution in [0.1, 0.15) is 30.4 Å². The van der Waals surface area contributed by atoms with Gasteiger partial charge in [0.2, 0.25) is 0 Å². The van der Waals surface area contributed by atoms with Crippen LogP contribution in [0.4, 0.5) is 0 Å². The molecule has 0 heterocycles. The van der Waals surface area contributed by atoms with E-state index in [-0.39, 0.29) is 63.2 Å². The zero-order valence-electron chi connectivity index (χ0n) is 13.7. The second-order valence-corrected chi connectivity index (χ2v) is 6.91. The number of ether oxygens (including phenoxy) is 1. The number of carbonyl (C=O) groups excluding carboxylic acids is 2. The summed E-state index contributed by atoms with van der Waals surface area (Å²) in [6, 6.07) is 1.66. The molecule has 0 spiro atoms. The maximum Gasteiger partial charge on any atom is 1.00 e. The van der Waals surface area contributed by atoms with Gasteiger partial charge in [0.1, 0.15) is 17.4 Å². The van der Waals surface area contributed by atoms with E-state index >= 15 is 0 Å². The SMILES string of the molecule is O=C([O-])COc1cc2c(c(Cl)c1Cl)C1=CC(=O)CCC1(CCO)C2.[Na+]. The Labute approximate surface area is 177 Å². The van der Waals surface area contributed by atoms with Crippen LogP contribution < -0.4 is 39.4 Å². The molecule has 0 amide bonds. The number of hydrogen-bond donors (Lipinski definition) is 1. The summed E-state index contributed by atoms with van der Waals surface area (Å²) in [5.74, 6) is -1.16. The molecule has 3 rings (SSSR count). The molecule has 0 saturated heterocycles.